The van der Waals surface area contributed by atoms with E-state index >= 15 is 0 Å². The second kappa shape index (κ2) is 7.14. The molecule has 0 aromatic carbocycles. The topological polar surface area (TPSA) is 52.6 Å². The van der Waals surface area contributed by atoms with Crippen molar-refractivity contribution < 1.29 is 9.90 Å². The maximum atomic E-state index is 11.9. The van der Waals surface area contributed by atoms with Crippen molar-refractivity contribution in [3.05, 3.63) is 0 Å². The molecule has 0 bridgehead atoms. The van der Waals surface area contributed by atoms with E-state index in [-0.39, 0.29) is 17.3 Å². The molecule has 1 aliphatic rings. The second-order valence-electron chi connectivity index (χ2n) is 4.24. The summed E-state index contributed by atoms with van der Waals surface area (Å²) < 4.78 is 0. The van der Waals surface area contributed by atoms with Crippen molar-refractivity contribution in [1.82, 2.24) is 10.2 Å². The molecule has 94 valence electrons. The van der Waals surface area contributed by atoms with Gasteiger partial charge in [0.25, 0.3) is 0 Å². The molecule has 0 aromatic heterocycles. The highest BCUT2D eigenvalue weighted by atomic mass is 32.2. The minimum Gasteiger partial charge on any atom is -0.392 e. The van der Waals surface area contributed by atoms with Gasteiger partial charge in [0.1, 0.15) is 0 Å². The van der Waals surface area contributed by atoms with Crippen LogP contribution in [0.1, 0.15) is 20.3 Å². The minimum absolute atomic E-state index is 0.119. The number of amides is 1. The Morgan fingerprint density at radius 3 is 2.88 bits per heavy atom. The monoisotopic (exact) mass is 246 g/mol. The molecular weight excluding hydrogens is 224 g/mol. The summed E-state index contributed by atoms with van der Waals surface area (Å²) in [4.78, 5) is 13.8. The fourth-order valence-electron chi connectivity index (χ4n) is 1.53. The zero-order chi connectivity index (χ0) is 12.0. The van der Waals surface area contributed by atoms with Crippen LogP contribution in [0.4, 0.5) is 0 Å². The van der Waals surface area contributed by atoms with Crippen LogP contribution < -0.4 is 5.32 Å². The predicted octanol–water partition coefficient (Wildman–Crippen LogP) is 0.311. The lowest BCUT2D eigenvalue weighted by Gasteiger charge is -2.21. The molecule has 2 atom stereocenters. The van der Waals surface area contributed by atoms with Crippen molar-refractivity contribution in [3.8, 4) is 0 Å². The van der Waals surface area contributed by atoms with E-state index in [1.54, 1.807) is 6.92 Å². The molecule has 1 saturated heterocycles. The maximum absolute atomic E-state index is 11.9. The number of hydrogen-bond acceptors (Lipinski definition) is 4. The predicted molar refractivity (Wildman–Crippen MR) is 67.7 cm³/mol. The summed E-state index contributed by atoms with van der Waals surface area (Å²) in [5.41, 5.74) is 0. The normalized spacial score (nSPS) is 21.3. The van der Waals surface area contributed by atoms with Crippen LogP contribution >= 0.6 is 11.8 Å². The SMILES string of the molecule is CC(O)C(C)SCC(=O)N1CCCNCC1. The third kappa shape index (κ3) is 4.72. The molecule has 1 rings (SSSR count). The Labute approximate surface area is 102 Å². The van der Waals surface area contributed by atoms with Crippen molar-refractivity contribution in [2.24, 2.45) is 0 Å². The fraction of sp³-hybridized carbons (Fsp3) is 0.909. The average Bonchev–Trinajstić information content (AvgIpc) is 2.53. The van der Waals surface area contributed by atoms with Crippen molar-refractivity contribution >= 4 is 17.7 Å². The first-order valence-electron chi connectivity index (χ1n) is 5.89. The van der Waals surface area contributed by atoms with Crippen LogP contribution in [0.25, 0.3) is 0 Å². The Bertz CT molecular complexity index is 216. The number of carbonyl (C=O) groups is 1. The summed E-state index contributed by atoms with van der Waals surface area (Å²) in [6, 6.07) is 0. The van der Waals surface area contributed by atoms with Crippen molar-refractivity contribution in [2.45, 2.75) is 31.6 Å². The Balaban J connectivity index is 2.27. The first-order valence-corrected chi connectivity index (χ1v) is 6.94. The molecule has 4 nitrogen and oxygen atoms in total. The third-order valence-corrected chi connectivity index (χ3v) is 4.18. The van der Waals surface area contributed by atoms with Gasteiger partial charge in [-0.1, -0.05) is 6.92 Å². The molecule has 0 radical (unpaired) electrons. The van der Waals surface area contributed by atoms with E-state index in [4.69, 9.17) is 0 Å². The molecule has 2 unspecified atom stereocenters. The molecule has 16 heavy (non-hydrogen) atoms. The van der Waals surface area contributed by atoms with E-state index in [1.807, 2.05) is 11.8 Å². The van der Waals surface area contributed by atoms with E-state index in [0.717, 1.165) is 32.6 Å². The van der Waals surface area contributed by atoms with Crippen molar-refractivity contribution in [1.29, 1.82) is 0 Å². The lowest BCUT2D eigenvalue weighted by atomic mass is 10.3. The van der Waals surface area contributed by atoms with Crippen LogP contribution in [0.2, 0.25) is 0 Å². The van der Waals surface area contributed by atoms with Gasteiger partial charge in [-0.15, -0.1) is 11.8 Å². The largest absolute Gasteiger partial charge is 0.392 e. The van der Waals surface area contributed by atoms with E-state index in [0.29, 0.717) is 5.75 Å². The van der Waals surface area contributed by atoms with Crippen LogP contribution in [0.5, 0.6) is 0 Å². The maximum Gasteiger partial charge on any atom is 0.232 e. The summed E-state index contributed by atoms with van der Waals surface area (Å²) in [6.45, 7) is 7.27. The number of hydrogen-bond donors (Lipinski definition) is 2. The molecule has 1 heterocycles. The van der Waals surface area contributed by atoms with E-state index in [2.05, 4.69) is 5.32 Å². The number of aliphatic hydroxyl groups excluding tert-OH is 1. The van der Waals surface area contributed by atoms with Crippen LogP contribution in [0, 0.1) is 0 Å². The van der Waals surface area contributed by atoms with Gasteiger partial charge in [-0.3, -0.25) is 4.79 Å². The summed E-state index contributed by atoms with van der Waals surface area (Å²) in [7, 11) is 0. The van der Waals surface area contributed by atoms with Gasteiger partial charge in [-0.05, 0) is 19.9 Å². The number of nitrogens with one attached hydrogen (secondary N) is 1. The molecule has 1 amide bonds. The first-order chi connectivity index (χ1) is 7.61. The lowest BCUT2D eigenvalue weighted by molar-refractivity contribution is -0.128. The molecule has 1 aliphatic heterocycles. The summed E-state index contributed by atoms with van der Waals surface area (Å²) in [5.74, 6) is 0.674. The third-order valence-electron chi connectivity index (χ3n) is 2.84. The van der Waals surface area contributed by atoms with E-state index in [9.17, 15) is 9.90 Å². The summed E-state index contributed by atoms with van der Waals surface area (Å²) >= 11 is 1.53. The number of nitrogens with zero attached hydrogens (tertiary/aromatic N) is 1. The lowest BCUT2D eigenvalue weighted by Crippen LogP contribution is -2.36. The van der Waals surface area contributed by atoms with Gasteiger partial charge >= 0.3 is 0 Å². The number of carbonyl (C=O) groups excluding carboxylic acids is 1. The zero-order valence-corrected chi connectivity index (χ0v) is 10.9. The zero-order valence-electron chi connectivity index (χ0n) is 10.1. The van der Waals surface area contributed by atoms with Gasteiger partial charge in [-0.25, -0.2) is 0 Å². The van der Waals surface area contributed by atoms with Crippen LogP contribution in [-0.4, -0.2) is 59.2 Å². The van der Waals surface area contributed by atoms with Gasteiger partial charge in [0, 0.05) is 24.9 Å². The Morgan fingerprint density at radius 1 is 1.44 bits per heavy atom. The average molecular weight is 246 g/mol. The van der Waals surface area contributed by atoms with Crippen LogP contribution in [0.15, 0.2) is 0 Å². The molecule has 1 fully saturated rings. The second-order valence-corrected chi connectivity index (χ2v) is 5.61. The Hall–Kier alpha value is -0.260. The van der Waals surface area contributed by atoms with Crippen molar-refractivity contribution in [3.63, 3.8) is 0 Å². The minimum atomic E-state index is -0.358. The number of rotatable bonds is 4. The van der Waals surface area contributed by atoms with Gasteiger partial charge < -0.3 is 15.3 Å². The van der Waals surface area contributed by atoms with Gasteiger partial charge in [0.05, 0.1) is 11.9 Å². The van der Waals surface area contributed by atoms with Crippen LogP contribution in [0.3, 0.4) is 0 Å². The molecule has 2 N–H and O–H groups in total. The van der Waals surface area contributed by atoms with Gasteiger partial charge in [0.2, 0.25) is 5.91 Å². The quantitative estimate of drug-likeness (QED) is 0.750. The highest BCUT2D eigenvalue weighted by molar-refractivity contribution is 8.00. The molecule has 0 spiro atoms. The molecule has 0 aliphatic carbocycles. The Morgan fingerprint density at radius 2 is 2.19 bits per heavy atom. The highest BCUT2D eigenvalue weighted by Gasteiger charge is 2.17. The standard InChI is InChI=1S/C11H22N2O2S/c1-9(14)10(2)16-8-11(15)13-6-3-4-12-5-7-13/h9-10,12,14H,3-8H2,1-2H3. The fourth-order valence-corrected chi connectivity index (χ4v) is 2.39. The Kier molecular flexibility index (Phi) is 6.16. The van der Waals surface area contributed by atoms with Gasteiger partial charge in [-0.2, -0.15) is 0 Å². The first kappa shape index (κ1) is 13.8. The summed E-state index contributed by atoms with van der Waals surface area (Å²) in [5, 5.41) is 12.7. The molecule has 5 heteroatoms. The van der Waals surface area contributed by atoms with Crippen molar-refractivity contribution in [2.75, 3.05) is 31.9 Å². The molecule has 0 saturated carbocycles. The van der Waals surface area contributed by atoms with E-state index in [1.165, 1.54) is 11.8 Å². The molecular formula is C11H22N2O2S. The van der Waals surface area contributed by atoms with Gasteiger partial charge in [0.15, 0.2) is 0 Å². The number of thioether (sulfide) groups is 1. The number of aliphatic hydroxyl groups is 1. The van der Waals surface area contributed by atoms with E-state index < -0.39 is 0 Å². The van der Waals surface area contributed by atoms with Crippen LogP contribution in [-0.2, 0) is 4.79 Å². The highest BCUT2D eigenvalue weighted by Crippen LogP contribution is 2.15. The molecule has 0 aromatic rings. The smallest absolute Gasteiger partial charge is 0.232 e. The summed E-state index contributed by atoms with van der Waals surface area (Å²) in [6.07, 6.45) is 0.672.